The van der Waals surface area contributed by atoms with Gasteiger partial charge in [-0.15, -0.1) is 0 Å². The largest absolute Gasteiger partial charge is 0.437 e. The van der Waals surface area contributed by atoms with E-state index in [0.29, 0.717) is 27.2 Å². The monoisotopic (exact) mass is 324 g/mol. The lowest BCUT2D eigenvalue weighted by atomic mass is 10.2. The fourth-order valence-corrected chi connectivity index (χ4v) is 2.38. The highest BCUT2D eigenvalue weighted by molar-refractivity contribution is 6.35. The van der Waals surface area contributed by atoms with Crippen LogP contribution in [0.5, 0.6) is 11.6 Å². The molecule has 0 saturated carbocycles. The highest BCUT2D eigenvalue weighted by Crippen LogP contribution is 2.34. The van der Waals surface area contributed by atoms with Gasteiger partial charge in [-0.1, -0.05) is 35.3 Å². The van der Waals surface area contributed by atoms with Crippen LogP contribution < -0.4 is 4.74 Å². The summed E-state index contributed by atoms with van der Waals surface area (Å²) >= 11 is 17.8. The Hall–Kier alpha value is -1.55. The molecule has 0 amide bonds. The summed E-state index contributed by atoms with van der Waals surface area (Å²) in [5.74, 6) is 0.806. The number of nitrogens with zero attached hydrogens (tertiary/aromatic N) is 2. The summed E-state index contributed by atoms with van der Waals surface area (Å²) in [5.41, 5.74) is 0.701. The summed E-state index contributed by atoms with van der Waals surface area (Å²) in [4.78, 5) is 8.24. The Morgan fingerprint density at radius 1 is 0.900 bits per heavy atom. The molecule has 100 valence electrons. The van der Waals surface area contributed by atoms with E-state index in [-0.39, 0.29) is 5.28 Å². The highest BCUT2D eigenvalue weighted by atomic mass is 35.5. The number of para-hydroxylation sites is 1. The van der Waals surface area contributed by atoms with Crippen molar-refractivity contribution in [3.05, 3.63) is 57.8 Å². The number of fused-ring (bicyclic) bond motifs is 1. The van der Waals surface area contributed by atoms with Gasteiger partial charge in [0.15, 0.2) is 0 Å². The minimum Gasteiger partial charge on any atom is -0.437 e. The van der Waals surface area contributed by atoms with Gasteiger partial charge in [-0.3, -0.25) is 0 Å². The van der Waals surface area contributed by atoms with E-state index in [1.165, 1.54) is 0 Å². The molecule has 0 spiro atoms. The van der Waals surface area contributed by atoms with Crippen molar-refractivity contribution >= 4 is 45.7 Å². The molecule has 3 aromatic rings. The molecule has 0 aliphatic heterocycles. The SMILES string of the molecule is Clc1ccc(Oc2nc(Cl)nc3ccccc23)c(Cl)c1. The van der Waals surface area contributed by atoms with Crippen molar-refractivity contribution < 1.29 is 4.74 Å². The average molecular weight is 326 g/mol. The van der Waals surface area contributed by atoms with Crippen molar-refractivity contribution in [3.63, 3.8) is 0 Å². The number of ether oxygens (including phenoxy) is 1. The maximum atomic E-state index is 6.08. The van der Waals surface area contributed by atoms with Gasteiger partial charge in [-0.2, -0.15) is 4.98 Å². The number of aromatic nitrogens is 2. The molecule has 0 N–H and O–H groups in total. The number of hydrogen-bond donors (Lipinski definition) is 0. The van der Waals surface area contributed by atoms with Crippen LogP contribution in [-0.2, 0) is 0 Å². The van der Waals surface area contributed by atoms with E-state index in [0.717, 1.165) is 5.39 Å². The van der Waals surface area contributed by atoms with Crippen LogP contribution in [0.4, 0.5) is 0 Å². The van der Waals surface area contributed by atoms with Crippen LogP contribution in [0.15, 0.2) is 42.5 Å². The zero-order valence-electron chi connectivity index (χ0n) is 9.98. The van der Waals surface area contributed by atoms with Gasteiger partial charge in [0.05, 0.1) is 15.9 Å². The maximum absolute atomic E-state index is 6.08. The molecule has 0 radical (unpaired) electrons. The van der Waals surface area contributed by atoms with E-state index in [9.17, 15) is 0 Å². The predicted octanol–water partition coefficient (Wildman–Crippen LogP) is 5.38. The molecule has 0 unspecified atom stereocenters. The number of benzene rings is 2. The van der Waals surface area contributed by atoms with Crippen molar-refractivity contribution in [3.8, 4) is 11.6 Å². The molecule has 2 aromatic carbocycles. The van der Waals surface area contributed by atoms with Crippen LogP contribution in [0.25, 0.3) is 10.9 Å². The van der Waals surface area contributed by atoms with Gasteiger partial charge in [0.25, 0.3) is 0 Å². The number of halogens is 3. The average Bonchev–Trinajstić information content (AvgIpc) is 2.41. The Kier molecular flexibility index (Phi) is 3.66. The molecular weight excluding hydrogens is 319 g/mol. The third-order valence-electron chi connectivity index (χ3n) is 2.64. The van der Waals surface area contributed by atoms with E-state index >= 15 is 0 Å². The van der Waals surface area contributed by atoms with E-state index < -0.39 is 0 Å². The maximum Gasteiger partial charge on any atom is 0.231 e. The molecule has 0 aliphatic rings. The first-order valence-corrected chi connectivity index (χ1v) is 6.82. The van der Waals surface area contributed by atoms with Gasteiger partial charge < -0.3 is 4.74 Å². The van der Waals surface area contributed by atoms with Gasteiger partial charge >= 0.3 is 0 Å². The number of hydrogen-bond acceptors (Lipinski definition) is 3. The van der Waals surface area contributed by atoms with E-state index in [1.54, 1.807) is 18.2 Å². The molecular formula is C14H7Cl3N2O. The minimum atomic E-state index is 0.115. The second-order valence-electron chi connectivity index (χ2n) is 3.99. The van der Waals surface area contributed by atoms with Crippen molar-refractivity contribution in [2.45, 2.75) is 0 Å². The third-order valence-corrected chi connectivity index (χ3v) is 3.34. The second-order valence-corrected chi connectivity index (χ2v) is 5.17. The molecule has 0 fully saturated rings. The molecule has 0 bridgehead atoms. The topological polar surface area (TPSA) is 35.0 Å². The molecule has 3 nitrogen and oxygen atoms in total. The van der Waals surface area contributed by atoms with Crippen LogP contribution >= 0.6 is 34.8 Å². The Morgan fingerprint density at radius 2 is 1.70 bits per heavy atom. The van der Waals surface area contributed by atoms with Gasteiger partial charge in [0.1, 0.15) is 5.75 Å². The highest BCUT2D eigenvalue weighted by Gasteiger charge is 2.10. The van der Waals surface area contributed by atoms with Crippen LogP contribution in [0.2, 0.25) is 15.3 Å². The van der Waals surface area contributed by atoms with Crippen LogP contribution in [0, 0.1) is 0 Å². The Morgan fingerprint density at radius 3 is 2.50 bits per heavy atom. The molecule has 0 saturated heterocycles. The van der Waals surface area contributed by atoms with Crippen LogP contribution in [-0.4, -0.2) is 9.97 Å². The summed E-state index contributed by atoms with van der Waals surface area (Å²) in [6.07, 6.45) is 0. The molecule has 0 aliphatic carbocycles. The normalized spacial score (nSPS) is 10.8. The van der Waals surface area contributed by atoms with E-state index in [2.05, 4.69) is 9.97 Å². The first-order chi connectivity index (χ1) is 9.63. The zero-order valence-corrected chi connectivity index (χ0v) is 12.2. The molecule has 1 heterocycles. The van der Waals surface area contributed by atoms with Crippen molar-refractivity contribution in [2.24, 2.45) is 0 Å². The second kappa shape index (κ2) is 5.44. The van der Waals surface area contributed by atoms with Crippen molar-refractivity contribution in [1.29, 1.82) is 0 Å². The minimum absolute atomic E-state index is 0.115. The first-order valence-electron chi connectivity index (χ1n) is 5.69. The fourth-order valence-electron chi connectivity index (χ4n) is 1.76. The summed E-state index contributed by atoms with van der Waals surface area (Å²) in [5, 5.41) is 1.80. The van der Waals surface area contributed by atoms with Crippen molar-refractivity contribution in [2.75, 3.05) is 0 Å². The lowest BCUT2D eigenvalue weighted by Crippen LogP contribution is -1.93. The van der Waals surface area contributed by atoms with Crippen molar-refractivity contribution in [1.82, 2.24) is 9.97 Å². The third kappa shape index (κ3) is 2.66. The van der Waals surface area contributed by atoms with Crippen LogP contribution in [0.3, 0.4) is 0 Å². The standard InChI is InChI=1S/C14H7Cl3N2O/c15-8-5-6-12(10(16)7-8)20-13-9-3-1-2-4-11(9)18-14(17)19-13/h1-7H. The lowest BCUT2D eigenvalue weighted by Gasteiger charge is -2.09. The van der Waals surface area contributed by atoms with Gasteiger partial charge in [-0.25, -0.2) is 4.98 Å². The first kappa shape index (κ1) is 13.4. The molecule has 0 atom stereocenters. The Bertz CT molecular complexity index is 792. The van der Waals surface area contributed by atoms with Gasteiger partial charge in [0, 0.05) is 5.02 Å². The van der Waals surface area contributed by atoms with E-state index in [4.69, 9.17) is 39.5 Å². The molecule has 6 heteroatoms. The summed E-state index contributed by atoms with van der Waals surface area (Å²) < 4.78 is 5.73. The van der Waals surface area contributed by atoms with E-state index in [1.807, 2.05) is 24.3 Å². The molecule has 3 rings (SSSR count). The Labute approximate surface area is 130 Å². The smallest absolute Gasteiger partial charge is 0.231 e. The summed E-state index contributed by atoms with van der Waals surface area (Å²) in [6.45, 7) is 0. The van der Waals surface area contributed by atoms with Gasteiger partial charge in [0.2, 0.25) is 11.2 Å². The zero-order chi connectivity index (χ0) is 14.1. The summed E-state index contributed by atoms with van der Waals surface area (Å²) in [7, 11) is 0. The van der Waals surface area contributed by atoms with Gasteiger partial charge in [-0.05, 0) is 41.9 Å². The predicted molar refractivity (Wildman–Crippen MR) is 81.1 cm³/mol. The van der Waals surface area contributed by atoms with Crippen LogP contribution in [0.1, 0.15) is 0 Å². The molecule has 1 aromatic heterocycles. The lowest BCUT2D eigenvalue weighted by molar-refractivity contribution is 0.468. The molecule has 20 heavy (non-hydrogen) atoms. The summed E-state index contributed by atoms with van der Waals surface area (Å²) in [6, 6.07) is 12.4. The number of rotatable bonds is 2. The fraction of sp³-hybridized carbons (Fsp3) is 0. The quantitative estimate of drug-likeness (QED) is 0.593. The Balaban J connectivity index is 2.10.